The van der Waals surface area contributed by atoms with E-state index < -0.39 is 0 Å². The molecular formula is C18H28N2. The summed E-state index contributed by atoms with van der Waals surface area (Å²) in [6, 6.07) is 11.7. The van der Waals surface area contributed by atoms with Crippen molar-refractivity contribution in [2.45, 2.75) is 33.4 Å². The van der Waals surface area contributed by atoms with Crippen molar-refractivity contribution in [3.63, 3.8) is 0 Å². The number of benzene rings is 1. The highest BCUT2D eigenvalue weighted by molar-refractivity contribution is 5.16. The standard InChI is InChI=1S/C18H28N2/c1-18(2,3)17-16-13-19(4)11-15(16)12-20(17)10-14-8-6-5-7-9-14/h5-9,15-17H,10-13H2,1-4H3/t15-,16+,17-/m1/s1. The summed E-state index contributed by atoms with van der Waals surface area (Å²) in [7, 11) is 2.28. The second-order valence-electron chi connectivity index (χ2n) is 7.87. The molecule has 3 rings (SSSR count). The van der Waals surface area contributed by atoms with E-state index in [0.29, 0.717) is 11.5 Å². The maximum absolute atomic E-state index is 2.75. The van der Waals surface area contributed by atoms with Gasteiger partial charge in [0.05, 0.1) is 0 Å². The minimum atomic E-state index is 0.360. The van der Waals surface area contributed by atoms with Crippen LogP contribution in [0.3, 0.4) is 0 Å². The predicted molar refractivity (Wildman–Crippen MR) is 84.6 cm³/mol. The van der Waals surface area contributed by atoms with Gasteiger partial charge in [0.2, 0.25) is 0 Å². The number of nitrogens with zero attached hydrogens (tertiary/aromatic N) is 2. The van der Waals surface area contributed by atoms with Crippen LogP contribution in [0, 0.1) is 17.3 Å². The summed E-state index contributed by atoms with van der Waals surface area (Å²) in [6.07, 6.45) is 0. The number of fused-ring (bicyclic) bond motifs is 1. The van der Waals surface area contributed by atoms with Crippen LogP contribution < -0.4 is 0 Å². The van der Waals surface area contributed by atoms with E-state index in [0.717, 1.165) is 18.4 Å². The molecular weight excluding hydrogens is 244 g/mol. The third kappa shape index (κ3) is 2.64. The Morgan fingerprint density at radius 3 is 2.40 bits per heavy atom. The Morgan fingerprint density at radius 1 is 1.05 bits per heavy atom. The summed E-state index contributed by atoms with van der Waals surface area (Å²) in [5.41, 5.74) is 1.81. The van der Waals surface area contributed by atoms with Crippen molar-refractivity contribution in [1.82, 2.24) is 9.80 Å². The fourth-order valence-corrected chi connectivity index (χ4v) is 4.53. The van der Waals surface area contributed by atoms with Crippen molar-refractivity contribution in [2.24, 2.45) is 17.3 Å². The molecule has 2 fully saturated rings. The minimum Gasteiger partial charge on any atom is -0.306 e. The normalized spacial score (nSPS) is 31.7. The van der Waals surface area contributed by atoms with E-state index in [4.69, 9.17) is 0 Å². The van der Waals surface area contributed by atoms with Crippen molar-refractivity contribution in [2.75, 3.05) is 26.7 Å². The van der Waals surface area contributed by atoms with Gasteiger partial charge in [-0.15, -0.1) is 0 Å². The summed E-state index contributed by atoms with van der Waals surface area (Å²) >= 11 is 0. The molecule has 2 aliphatic rings. The van der Waals surface area contributed by atoms with Gasteiger partial charge in [-0.25, -0.2) is 0 Å². The second kappa shape index (κ2) is 5.16. The van der Waals surface area contributed by atoms with Gasteiger partial charge in [0.25, 0.3) is 0 Å². The van der Waals surface area contributed by atoms with Crippen LogP contribution in [0.25, 0.3) is 0 Å². The van der Waals surface area contributed by atoms with E-state index >= 15 is 0 Å². The average Bonchev–Trinajstić information content (AvgIpc) is 2.84. The van der Waals surface area contributed by atoms with Gasteiger partial charge in [-0.2, -0.15) is 0 Å². The second-order valence-corrected chi connectivity index (χ2v) is 7.87. The molecule has 0 N–H and O–H groups in total. The first-order chi connectivity index (χ1) is 9.45. The van der Waals surface area contributed by atoms with Crippen molar-refractivity contribution in [3.05, 3.63) is 35.9 Å². The third-order valence-electron chi connectivity index (χ3n) is 5.06. The molecule has 20 heavy (non-hydrogen) atoms. The highest BCUT2D eigenvalue weighted by Gasteiger charge is 2.49. The van der Waals surface area contributed by atoms with E-state index in [1.807, 2.05) is 0 Å². The van der Waals surface area contributed by atoms with E-state index in [-0.39, 0.29) is 0 Å². The molecule has 0 aliphatic carbocycles. The molecule has 1 aromatic carbocycles. The third-order valence-corrected chi connectivity index (χ3v) is 5.06. The fourth-order valence-electron chi connectivity index (χ4n) is 4.53. The zero-order valence-corrected chi connectivity index (χ0v) is 13.3. The molecule has 0 unspecified atom stereocenters. The van der Waals surface area contributed by atoms with Crippen LogP contribution in [0.4, 0.5) is 0 Å². The van der Waals surface area contributed by atoms with E-state index in [1.54, 1.807) is 0 Å². The fraction of sp³-hybridized carbons (Fsp3) is 0.667. The molecule has 2 heteroatoms. The molecule has 2 heterocycles. The zero-order chi connectivity index (χ0) is 14.3. The Morgan fingerprint density at radius 2 is 1.75 bits per heavy atom. The van der Waals surface area contributed by atoms with Gasteiger partial charge in [-0.1, -0.05) is 51.1 Å². The molecule has 0 radical (unpaired) electrons. The molecule has 1 aromatic rings. The summed E-state index contributed by atoms with van der Waals surface area (Å²) in [5, 5.41) is 0. The summed E-state index contributed by atoms with van der Waals surface area (Å²) in [6.45, 7) is 12.2. The van der Waals surface area contributed by atoms with Gasteiger partial charge in [0.15, 0.2) is 0 Å². The Hall–Kier alpha value is -0.860. The summed E-state index contributed by atoms with van der Waals surface area (Å²) in [5.74, 6) is 1.72. The Bertz CT molecular complexity index is 448. The van der Waals surface area contributed by atoms with Crippen molar-refractivity contribution < 1.29 is 0 Å². The predicted octanol–water partition coefficient (Wildman–Crippen LogP) is 3.09. The SMILES string of the molecule is CN1C[C@@H]2CN(Cc3ccccc3)[C@@H](C(C)(C)C)[C@H]2C1. The van der Waals surface area contributed by atoms with Crippen LogP contribution in [0.15, 0.2) is 30.3 Å². The first-order valence-electron chi connectivity index (χ1n) is 7.91. The molecule has 0 bridgehead atoms. The largest absolute Gasteiger partial charge is 0.306 e. The van der Waals surface area contributed by atoms with Gasteiger partial charge in [-0.05, 0) is 29.9 Å². The molecule has 0 saturated carbocycles. The van der Waals surface area contributed by atoms with Crippen molar-refractivity contribution in [1.29, 1.82) is 0 Å². The molecule has 3 atom stereocenters. The Balaban J connectivity index is 1.80. The topological polar surface area (TPSA) is 6.48 Å². The monoisotopic (exact) mass is 272 g/mol. The van der Waals surface area contributed by atoms with Gasteiger partial charge in [-0.3, -0.25) is 4.90 Å². The van der Waals surface area contributed by atoms with E-state index in [1.165, 1.54) is 25.2 Å². The lowest BCUT2D eigenvalue weighted by Crippen LogP contribution is -2.44. The first kappa shape index (κ1) is 14.1. The van der Waals surface area contributed by atoms with Gasteiger partial charge < -0.3 is 4.90 Å². The van der Waals surface area contributed by atoms with Crippen LogP contribution in [0.1, 0.15) is 26.3 Å². The summed E-state index contributed by atoms with van der Waals surface area (Å²) < 4.78 is 0. The van der Waals surface area contributed by atoms with Gasteiger partial charge in [0, 0.05) is 32.2 Å². The average molecular weight is 272 g/mol. The lowest BCUT2D eigenvalue weighted by molar-refractivity contribution is 0.0981. The van der Waals surface area contributed by atoms with E-state index in [9.17, 15) is 0 Å². The smallest absolute Gasteiger partial charge is 0.0237 e. The molecule has 110 valence electrons. The lowest BCUT2D eigenvalue weighted by atomic mass is 9.77. The maximum atomic E-state index is 2.75. The quantitative estimate of drug-likeness (QED) is 0.816. The van der Waals surface area contributed by atoms with Gasteiger partial charge >= 0.3 is 0 Å². The number of hydrogen-bond acceptors (Lipinski definition) is 2. The molecule has 2 saturated heterocycles. The maximum Gasteiger partial charge on any atom is 0.0237 e. The number of hydrogen-bond donors (Lipinski definition) is 0. The molecule has 2 aliphatic heterocycles. The molecule has 0 spiro atoms. The van der Waals surface area contributed by atoms with Crippen molar-refractivity contribution in [3.8, 4) is 0 Å². The lowest BCUT2D eigenvalue weighted by Gasteiger charge is -2.38. The molecule has 2 nitrogen and oxygen atoms in total. The first-order valence-corrected chi connectivity index (χ1v) is 7.91. The highest BCUT2D eigenvalue weighted by Crippen LogP contribution is 2.43. The molecule has 0 aromatic heterocycles. The Kier molecular flexibility index (Phi) is 3.64. The molecule has 0 amide bonds. The Labute approximate surface area is 123 Å². The van der Waals surface area contributed by atoms with Crippen molar-refractivity contribution >= 4 is 0 Å². The summed E-state index contributed by atoms with van der Waals surface area (Å²) in [4.78, 5) is 5.27. The van der Waals surface area contributed by atoms with Crippen LogP contribution in [-0.2, 0) is 6.54 Å². The van der Waals surface area contributed by atoms with Crippen LogP contribution >= 0.6 is 0 Å². The number of likely N-dealkylation sites (tertiary alicyclic amines) is 2. The number of rotatable bonds is 2. The van der Waals surface area contributed by atoms with E-state index in [2.05, 4.69) is 68.0 Å². The minimum absolute atomic E-state index is 0.360. The van der Waals surface area contributed by atoms with Crippen LogP contribution in [0.2, 0.25) is 0 Å². The van der Waals surface area contributed by atoms with Crippen LogP contribution in [-0.4, -0.2) is 42.5 Å². The van der Waals surface area contributed by atoms with Crippen LogP contribution in [0.5, 0.6) is 0 Å². The highest BCUT2D eigenvalue weighted by atomic mass is 15.3. The zero-order valence-electron chi connectivity index (χ0n) is 13.3. The van der Waals surface area contributed by atoms with Gasteiger partial charge in [0.1, 0.15) is 0 Å².